The van der Waals surface area contributed by atoms with Crippen LogP contribution in [-0.4, -0.2) is 35.4 Å². The summed E-state index contributed by atoms with van der Waals surface area (Å²) < 4.78 is 4.58. The van der Waals surface area contributed by atoms with E-state index in [0.717, 1.165) is 6.08 Å². The highest BCUT2D eigenvalue weighted by Crippen LogP contribution is 2.03. The van der Waals surface area contributed by atoms with Crippen LogP contribution in [0.1, 0.15) is 13.3 Å². The van der Waals surface area contributed by atoms with Gasteiger partial charge in [-0.1, -0.05) is 0 Å². The number of aliphatic carboxylic acids is 1. The van der Waals surface area contributed by atoms with Gasteiger partial charge in [-0.05, 0) is 6.92 Å². The molecular weight excluding hydrogens is 176 g/mol. The number of carbonyl (C=O) groups is 2. The SMILES string of the molecule is CCOC(=O)C(=CC(=O)O)CCO. The van der Waals surface area contributed by atoms with E-state index in [1.54, 1.807) is 6.92 Å². The molecule has 0 aromatic carbocycles. The van der Waals surface area contributed by atoms with Gasteiger partial charge in [0.25, 0.3) is 0 Å². The van der Waals surface area contributed by atoms with Crippen molar-refractivity contribution < 1.29 is 24.5 Å². The third-order valence-electron chi connectivity index (χ3n) is 1.22. The minimum Gasteiger partial charge on any atom is -0.478 e. The summed E-state index contributed by atoms with van der Waals surface area (Å²) >= 11 is 0. The smallest absolute Gasteiger partial charge is 0.334 e. The van der Waals surface area contributed by atoms with E-state index in [4.69, 9.17) is 10.2 Å². The van der Waals surface area contributed by atoms with E-state index < -0.39 is 11.9 Å². The lowest BCUT2D eigenvalue weighted by molar-refractivity contribution is -0.139. The number of carboxylic acids is 1. The van der Waals surface area contributed by atoms with Crippen LogP contribution >= 0.6 is 0 Å². The Labute approximate surface area is 75.6 Å². The van der Waals surface area contributed by atoms with Crippen LogP contribution in [0.25, 0.3) is 0 Å². The zero-order chi connectivity index (χ0) is 10.3. The number of aliphatic hydroxyl groups excluding tert-OH is 1. The predicted octanol–water partition coefficient (Wildman–Crippen LogP) is -0.0571. The van der Waals surface area contributed by atoms with Crippen molar-refractivity contribution in [3.8, 4) is 0 Å². The zero-order valence-electron chi connectivity index (χ0n) is 7.32. The Morgan fingerprint density at radius 2 is 2.08 bits per heavy atom. The molecule has 0 aliphatic rings. The molecule has 0 fully saturated rings. The first-order valence-electron chi connectivity index (χ1n) is 3.83. The van der Waals surface area contributed by atoms with Crippen LogP contribution in [0, 0.1) is 0 Å². The third-order valence-corrected chi connectivity index (χ3v) is 1.22. The Bertz CT molecular complexity index is 219. The van der Waals surface area contributed by atoms with Gasteiger partial charge < -0.3 is 14.9 Å². The predicted molar refractivity (Wildman–Crippen MR) is 44.1 cm³/mol. The van der Waals surface area contributed by atoms with Crippen molar-refractivity contribution in [1.82, 2.24) is 0 Å². The molecule has 0 saturated heterocycles. The Morgan fingerprint density at radius 1 is 1.46 bits per heavy atom. The molecule has 0 aliphatic heterocycles. The molecule has 5 heteroatoms. The number of hydrogen-bond donors (Lipinski definition) is 2. The van der Waals surface area contributed by atoms with Crippen LogP contribution in [0.2, 0.25) is 0 Å². The number of aliphatic hydroxyl groups is 1. The van der Waals surface area contributed by atoms with Crippen molar-refractivity contribution in [2.45, 2.75) is 13.3 Å². The molecule has 0 spiro atoms. The molecule has 0 aliphatic carbocycles. The van der Waals surface area contributed by atoms with Gasteiger partial charge >= 0.3 is 11.9 Å². The van der Waals surface area contributed by atoms with Crippen molar-refractivity contribution in [2.75, 3.05) is 13.2 Å². The average Bonchev–Trinajstić information content (AvgIpc) is 2.03. The fourth-order valence-electron chi connectivity index (χ4n) is 0.726. The normalized spacial score (nSPS) is 11.1. The van der Waals surface area contributed by atoms with Crippen molar-refractivity contribution in [3.05, 3.63) is 11.6 Å². The third kappa shape index (κ3) is 4.97. The molecule has 0 bridgehead atoms. The van der Waals surface area contributed by atoms with E-state index in [9.17, 15) is 9.59 Å². The quantitative estimate of drug-likeness (QED) is 0.466. The summed E-state index contributed by atoms with van der Waals surface area (Å²) in [7, 11) is 0. The molecule has 0 atom stereocenters. The van der Waals surface area contributed by atoms with Crippen LogP contribution in [0.4, 0.5) is 0 Å². The lowest BCUT2D eigenvalue weighted by Gasteiger charge is -2.03. The highest BCUT2D eigenvalue weighted by Gasteiger charge is 2.11. The maximum atomic E-state index is 11.0. The number of rotatable bonds is 5. The van der Waals surface area contributed by atoms with Gasteiger partial charge in [0.1, 0.15) is 0 Å². The first-order valence-corrected chi connectivity index (χ1v) is 3.83. The summed E-state index contributed by atoms with van der Waals surface area (Å²) in [6.45, 7) is 1.52. The van der Waals surface area contributed by atoms with Gasteiger partial charge in [-0.15, -0.1) is 0 Å². The molecule has 13 heavy (non-hydrogen) atoms. The molecule has 0 amide bonds. The lowest BCUT2D eigenvalue weighted by atomic mass is 10.2. The van der Waals surface area contributed by atoms with Gasteiger partial charge in [0.15, 0.2) is 0 Å². The van der Waals surface area contributed by atoms with E-state index in [1.165, 1.54) is 0 Å². The second-order valence-corrected chi connectivity index (χ2v) is 2.20. The molecule has 0 heterocycles. The zero-order valence-corrected chi connectivity index (χ0v) is 7.32. The van der Waals surface area contributed by atoms with Gasteiger partial charge in [-0.2, -0.15) is 0 Å². The van der Waals surface area contributed by atoms with E-state index >= 15 is 0 Å². The second-order valence-electron chi connectivity index (χ2n) is 2.20. The molecular formula is C8H12O5. The van der Waals surface area contributed by atoms with Crippen molar-refractivity contribution >= 4 is 11.9 Å². The fraction of sp³-hybridized carbons (Fsp3) is 0.500. The summed E-state index contributed by atoms with van der Waals surface area (Å²) in [6, 6.07) is 0. The lowest BCUT2D eigenvalue weighted by Crippen LogP contribution is -2.10. The maximum Gasteiger partial charge on any atom is 0.334 e. The van der Waals surface area contributed by atoms with Gasteiger partial charge in [-0.3, -0.25) is 0 Å². The summed E-state index contributed by atoms with van der Waals surface area (Å²) in [5.74, 6) is -1.92. The second kappa shape index (κ2) is 6.19. The standard InChI is InChI=1S/C8H12O5/c1-2-13-8(12)6(3-4-9)5-7(10)11/h5,9H,2-4H2,1H3,(H,10,11). The minimum atomic E-state index is -1.23. The van der Waals surface area contributed by atoms with Gasteiger partial charge in [0.2, 0.25) is 0 Å². The molecule has 0 radical (unpaired) electrons. The topological polar surface area (TPSA) is 83.8 Å². The van der Waals surface area contributed by atoms with E-state index in [2.05, 4.69) is 4.74 Å². The molecule has 0 aromatic heterocycles. The Morgan fingerprint density at radius 3 is 2.46 bits per heavy atom. The van der Waals surface area contributed by atoms with Gasteiger partial charge in [0.05, 0.1) is 6.61 Å². The van der Waals surface area contributed by atoms with Gasteiger partial charge in [-0.25, -0.2) is 9.59 Å². The minimum absolute atomic E-state index is 0.00880. The molecule has 0 rings (SSSR count). The summed E-state index contributed by atoms with van der Waals surface area (Å²) in [6.07, 6.45) is 0.735. The maximum absolute atomic E-state index is 11.0. The van der Waals surface area contributed by atoms with Crippen molar-refractivity contribution in [3.63, 3.8) is 0 Å². The molecule has 74 valence electrons. The van der Waals surface area contributed by atoms with E-state index in [1.807, 2.05) is 0 Å². The Kier molecular flexibility index (Phi) is 5.54. The fourth-order valence-corrected chi connectivity index (χ4v) is 0.726. The van der Waals surface area contributed by atoms with Gasteiger partial charge in [0, 0.05) is 24.7 Å². The highest BCUT2D eigenvalue weighted by atomic mass is 16.5. The number of hydrogen-bond acceptors (Lipinski definition) is 4. The average molecular weight is 188 g/mol. The van der Waals surface area contributed by atoms with E-state index in [0.29, 0.717) is 0 Å². The van der Waals surface area contributed by atoms with Crippen molar-refractivity contribution in [1.29, 1.82) is 0 Å². The highest BCUT2D eigenvalue weighted by molar-refractivity contribution is 5.95. The number of carbonyl (C=O) groups excluding carboxylic acids is 1. The molecule has 2 N–H and O–H groups in total. The summed E-state index contributed by atoms with van der Waals surface area (Å²) in [5.41, 5.74) is -0.0307. The molecule has 0 unspecified atom stereocenters. The molecule has 0 aromatic rings. The van der Waals surface area contributed by atoms with Crippen LogP contribution < -0.4 is 0 Å². The number of ether oxygens (including phenoxy) is 1. The first-order chi connectivity index (χ1) is 6.11. The summed E-state index contributed by atoms with van der Waals surface area (Å²) in [4.78, 5) is 21.2. The van der Waals surface area contributed by atoms with E-state index in [-0.39, 0.29) is 25.2 Å². The van der Waals surface area contributed by atoms with Crippen LogP contribution in [0.15, 0.2) is 11.6 Å². The number of esters is 1. The Hall–Kier alpha value is -1.36. The number of carboxylic acid groups (broad SMARTS) is 1. The molecule has 5 nitrogen and oxygen atoms in total. The van der Waals surface area contributed by atoms with Crippen LogP contribution in [-0.2, 0) is 14.3 Å². The first kappa shape index (κ1) is 11.6. The van der Waals surface area contributed by atoms with Crippen LogP contribution in [0.5, 0.6) is 0 Å². The Balaban J connectivity index is 4.40. The van der Waals surface area contributed by atoms with Crippen molar-refractivity contribution in [2.24, 2.45) is 0 Å². The monoisotopic (exact) mass is 188 g/mol. The largest absolute Gasteiger partial charge is 0.478 e. The molecule has 0 saturated carbocycles. The summed E-state index contributed by atoms with van der Waals surface area (Å²) in [5, 5.41) is 16.9. The van der Waals surface area contributed by atoms with Crippen LogP contribution in [0.3, 0.4) is 0 Å².